The zero-order chi connectivity index (χ0) is 11.9. The molecule has 16 heavy (non-hydrogen) atoms. The SMILES string of the molecule is COC(=O)c1ccc2c(oc(=O)n2C)c1F. The van der Waals surface area contributed by atoms with E-state index < -0.39 is 17.5 Å². The molecule has 5 nitrogen and oxygen atoms in total. The molecule has 0 fully saturated rings. The number of aromatic nitrogens is 1. The molecule has 0 N–H and O–H groups in total. The zero-order valence-electron chi connectivity index (χ0n) is 8.61. The maximum atomic E-state index is 13.8. The first-order chi connectivity index (χ1) is 7.56. The predicted molar refractivity (Wildman–Crippen MR) is 52.8 cm³/mol. The molecular formula is C10H8FNO4. The van der Waals surface area contributed by atoms with Gasteiger partial charge in [-0.15, -0.1) is 0 Å². The van der Waals surface area contributed by atoms with Crippen molar-refractivity contribution >= 4 is 17.1 Å². The number of oxazole rings is 1. The number of carbonyl (C=O) groups excluding carboxylic acids is 1. The third-order valence-electron chi connectivity index (χ3n) is 2.31. The highest BCUT2D eigenvalue weighted by Crippen LogP contribution is 2.20. The third-order valence-corrected chi connectivity index (χ3v) is 2.31. The van der Waals surface area contributed by atoms with E-state index in [0.717, 1.165) is 11.7 Å². The Bertz CT molecular complexity index is 626. The second-order valence-electron chi connectivity index (χ2n) is 3.19. The Hall–Kier alpha value is -2.11. The second-order valence-corrected chi connectivity index (χ2v) is 3.19. The lowest BCUT2D eigenvalue weighted by atomic mass is 10.2. The van der Waals surface area contributed by atoms with Crippen molar-refractivity contribution in [3.05, 3.63) is 34.1 Å². The molecule has 0 radical (unpaired) electrons. The molecule has 1 aromatic heterocycles. The van der Waals surface area contributed by atoms with Crippen LogP contribution < -0.4 is 5.76 Å². The summed E-state index contributed by atoms with van der Waals surface area (Å²) < 4.78 is 24.0. The molecule has 0 aliphatic rings. The van der Waals surface area contributed by atoms with Gasteiger partial charge in [-0.3, -0.25) is 4.57 Å². The Kier molecular flexibility index (Phi) is 2.26. The molecule has 0 aliphatic carbocycles. The molecule has 0 unspecified atom stereocenters. The Labute approximate surface area is 89.0 Å². The summed E-state index contributed by atoms with van der Waals surface area (Å²) in [5.41, 5.74) is -0.213. The molecule has 1 aromatic carbocycles. The molecule has 1 heterocycles. The van der Waals surface area contributed by atoms with Crippen LogP contribution in [0.1, 0.15) is 10.4 Å². The van der Waals surface area contributed by atoms with Crippen molar-refractivity contribution in [3.63, 3.8) is 0 Å². The summed E-state index contributed by atoms with van der Waals surface area (Å²) in [4.78, 5) is 22.3. The van der Waals surface area contributed by atoms with Crippen LogP contribution in [0.3, 0.4) is 0 Å². The van der Waals surface area contributed by atoms with Crippen molar-refractivity contribution < 1.29 is 18.3 Å². The first kappa shape index (κ1) is 10.4. The van der Waals surface area contributed by atoms with Crippen LogP contribution in [-0.2, 0) is 11.8 Å². The largest absolute Gasteiger partial charge is 0.465 e. The summed E-state index contributed by atoms with van der Waals surface area (Å²) in [6.45, 7) is 0. The number of hydrogen-bond acceptors (Lipinski definition) is 4. The highest BCUT2D eigenvalue weighted by Gasteiger charge is 2.19. The molecule has 0 saturated heterocycles. The fourth-order valence-corrected chi connectivity index (χ4v) is 1.43. The maximum absolute atomic E-state index is 13.8. The number of carbonyl (C=O) groups is 1. The number of rotatable bonds is 1. The second kappa shape index (κ2) is 3.48. The Morgan fingerprint density at radius 1 is 1.50 bits per heavy atom. The van der Waals surface area contributed by atoms with E-state index in [1.807, 2.05) is 0 Å². The van der Waals surface area contributed by atoms with E-state index in [9.17, 15) is 14.0 Å². The lowest BCUT2D eigenvalue weighted by molar-refractivity contribution is 0.0595. The number of fused-ring (bicyclic) bond motifs is 1. The highest BCUT2D eigenvalue weighted by molar-refractivity contribution is 5.93. The van der Waals surface area contributed by atoms with Crippen LogP contribution in [-0.4, -0.2) is 17.6 Å². The van der Waals surface area contributed by atoms with E-state index in [2.05, 4.69) is 9.15 Å². The Balaban J connectivity index is 2.80. The molecule has 0 bridgehead atoms. The van der Waals surface area contributed by atoms with Crippen molar-refractivity contribution in [2.45, 2.75) is 0 Å². The number of ether oxygens (including phenoxy) is 1. The van der Waals surface area contributed by atoms with E-state index in [-0.39, 0.29) is 16.7 Å². The Morgan fingerprint density at radius 2 is 2.19 bits per heavy atom. The van der Waals surface area contributed by atoms with Crippen LogP contribution in [0.15, 0.2) is 21.3 Å². The smallest absolute Gasteiger partial charge is 0.419 e. The number of benzene rings is 1. The van der Waals surface area contributed by atoms with Crippen LogP contribution >= 0.6 is 0 Å². The van der Waals surface area contributed by atoms with Gasteiger partial charge < -0.3 is 9.15 Å². The van der Waals surface area contributed by atoms with E-state index in [4.69, 9.17) is 0 Å². The lowest BCUT2D eigenvalue weighted by Gasteiger charge is -2.00. The zero-order valence-corrected chi connectivity index (χ0v) is 8.61. The maximum Gasteiger partial charge on any atom is 0.419 e. The number of esters is 1. The van der Waals surface area contributed by atoms with Crippen molar-refractivity contribution in [1.29, 1.82) is 0 Å². The summed E-state index contributed by atoms with van der Waals surface area (Å²) in [5.74, 6) is -2.39. The van der Waals surface area contributed by atoms with Gasteiger partial charge in [-0.1, -0.05) is 0 Å². The highest BCUT2D eigenvalue weighted by atomic mass is 19.1. The molecular weight excluding hydrogens is 217 g/mol. The van der Waals surface area contributed by atoms with Crippen LogP contribution in [0.5, 0.6) is 0 Å². The monoisotopic (exact) mass is 225 g/mol. The van der Waals surface area contributed by atoms with Gasteiger partial charge in [0.15, 0.2) is 11.4 Å². The van der Waals surface area contributed by atoms with Crippen LogP contribution in [0.25, 0.3) is 11.1 Å². The van der Waals surface area contributed by atoms with Gasteiger partial charge in [0.25, 0.3) is 0 Å². The fourth-order valence-electron chi connectivity index (χ4n) is 1.43. The van der Waals surface area contributed by atoms with Gasteiger partial charge in [0, 0.05) is 7.05 Å². The molecule has 0 amide bonds. The molecule has 0 atom stereocenters. The molecule has 2 aromatic rings. The van der Waals surface area contributed by atoms with Gasteiger partial charge in [-0.05, 0) is 12.1 Å². The third kappa shape index (κ3) is 1.30. The minimum atomic E-state index is -0.887. The normalized spacial score (nSPS) is 10.7. The summed E-state index contributed by atoms with van der Waals surface area (Å²) in [6, 6.07) is 2.67. The van der Waals surface area contributed by atoms with E-state index in [1.54, 1.807) is 0 Å². The van der Waals surface area contributed by atoms with Crippen LogP contribution in [0.2, 0.25) is 0 Å². The van der Waals surface area contributed by atoms with Gasteiger partial charge in [0.2, 0.25) is 0 Å². The number of halogens is 1. The predicted octanol–water partition coefficient (Wildman–Crippen LogP) is 1.06. The Morgan fingerprint density at radius 3 is 2.81 bits per heavy atom. The summed E-state index contributed by atoms with van der Waals surface area (Å²) >= 11 is 0. The van der Waals surface area contributed by atoms with Gasteiger partial charge in [0.1, 0.15) is 0 Å². The van der Waals surface area contributed by atoms with Crippen molar-refractivity contribution in [2.24, 2.45) is 7.05 Å². The van der Waals surface area contributed by atoms with Crippen molar-refractivity contribution in [2.75, 3.05) is 7.11 Å². The number of aryl methyl sites for hydroxylation is 1. The summed E-state index contributed by atoms with van der Waals surface area (Å²) in [6.07, 6.45) is 0. The molecule has 0 spiro atoms. The number of nitrogens with zero attached hydrogens (tertiary/aromatic N) is 1. The van der Waals surface area contributed by atoms with Crippen molar-refractivity contribution in [3.8, 4) is 0 Å². The van der Waals surface area contributed by atoms with Gasteiger partial charge in [-0.2, -0.15) is 0 Å². The molecule has 6 heteroatoms. The van der Waals surface area contributed by atoms with Crippen LogP contribution in [0.4, 0.5) is 4.39 Å². The minimum Gasteiger partial charge on any atom is -0.465 e. The average molecular weight is 225 g/mol. The van der Waals surface area contributed by atoms with E-state index >= 15 is 0 Å². The number of hydrogen-bond donors (Lipinski definition) is 0. The fraction of sp³-hybridized carbons (Fsp3) is 0.200. The quantitative estimate of drug-likeness (QED) is 0.681. The topological polar surface area (TPSA) is 61.4 Å². The van der Waals surface area contributed by atoms with Crippen LogP contribution in [0, 0.1) is 5.82 Å². The van der Waals surface area contributed by atoms with Gasteiger partial charge in [0.05, 0.1) is 18.2 Å². The van der Waals surface area contributed by atoms with Crippen molar-refractivity contribution in [1.82, 2.24) is 4.57 Å². The first-order valence-electron chi connectivity index (χ1n) is 4.42. The first-order valence-corrected chi connectivity index (χ1v) is 4.42. The lowest BCUT2D eigenvalue weighted by Crippen LogP contribution is -2.08. The van der Waals surface area contributed by atoms with E-state index in [1.165, 1.54) is 19.2 Å². The molecule has 2 rings (SSSR count). The molecule has 0 aliphatic heterocycles. The average Bonchev–Trinajstić information content (AvgIpc) is 2.57. The summed E-state index contributed by atoms with van der Waals surface area (Å²) in [7, 11) is 2.60. The van der Waals surface area contributed by atoms with Gasteiger partial charge >= 0.3 is 11.7 Å². The minimum absolute atomic E-state index is 0.240. The van der Waals surface area contributed by atoms with E-state index in [0.29, 0.717) is 0 Å². The molecule has 0 saturated carbocycles. The number of methoxy groups -OCH3 is 1. The standard InChI is InChI=1S/C10H8FNO4/c1-12-6-4-3-5(9(13)15-2)7(11)8(6)16-10(12)14/h3-4H,1-2H3. The van der Waals surface area contributed by atoms with Gasteiger partial charge in [-0.25, -0.2) is 14.0 Å². The summed E-state index contributed by atoms with van der Waals surface area (Å²) in [5, 5.41) is 0. The molecule has 84 valence electrons.